The van der Waals surface area contributed by atoms with Crippen molar-refractivity contribution in [2.24, 2.45) is 16.5 Å². The summed E-state index contributed by atoms with van der Waals surface area (Å²) < 4.78 is 13.0. The maximum atomic E-state index is 13.2. The van der Waals surface area contributed by atoms with Gasteiger partial charge < -0.3 is 32.1 Å². The highest BCUT2D eigenvalue weighted by Gasteiger charge is 2.48. The third-order valence-electron chi connectivity index (χ3n) is 5.81. The second kappa shape index (κ2) is 10.9. The number of nitrogens with zero attached hydrogens (tertiary/aromatic N) is 2. The van der Waals surface area contributed by atoms with Crippen molar-refractivity contribution in [3.8, 4) is 0 Å². The Morgan fingerprint density at radius 3 is 2.45 bits per heavy atom. The minimum Gasteiger partial charge on any atom is -0.465 e. The molecule has 1 aliphatic heterocycles. The summed E-state index contributed by atoms with van der Waals surface area (Å²) in [7, 11) is 0. The van der Waals surface area contributed by atoms with Crippen LogP contribution in [-0.4, -0.2) is 77.0 Å². The minimum absolute atomic E-state index is 0.103. The molecule has 0 spiro atoms. The zero-order chi connectivity index (χ0) is 23.0. The first kappa shape index (κ1) is 24.4. The lowest BCUT2D eigenvalue weighted by atomic mass is 9.95. The number of hydrogen-bond donors (Lipinski definition) is 5. The molecule has 1 saturated heterocycles. The van der Waals surface area contributed by atoms with E-state index in [2.05, 4.69) is 15.6 Å². The zero-order valence-electron chi connectivity index (χ0n) is 17.4. The third kappa shape index (κ3) is 6.28. The Bertz CT molecular complexity index is 721. The number of carbonyl (C=O) groups is 4. The van der Waals surface area contributed by atoms with Crippen LogP contribution >= 0.6 is 0 Å². The van der Waals surface area contributed by atoms with Crippen molar-refractivity contribution in [3.05, 3.63) is 0 Å². The largest absolute Gasteiger partial charge is 0.465 e. The van der Waals surface area contributed by atoms with E-state index in [4.69, 9.17) is 11.5 Å². The van der Waals surface area contributed by atoms with Gasteiger partial charge in [0, 0.05) is 13.1 Å². The van der Waals surface area contributed by atoms with Crippen LogP contribution in [0.5, 0.6) is 0 Å². The van der Waals surface area contributed by atoms with Crippen molar-refractivity contribution in [1.29, 1.82) is 0 Å². The van der Waals surface area contributed by atoms with Gasteiger partial charge in [-0.25, -0.2) is 9.18 Å². The van der Waals surface area contributed by atoms with Crippen LogP contribution < -0.4 is 22.1 Å². The van der Waals surface area contributed by atoms with E-state index in [1.807, 2.05) is 0 Å². The standard InChI is InChI=1S/C19H31FN6O5/c20-11-14(27)12(5-3-9-23-17(21)22)24-15(28)13-6-4-10-26(13)16(29)19(25-18(30)31)7-1-2-8-19/h12-13,25H,1-11H2,(H,24,28)(H,30,31)(H4,21,22,23)/t12?,13-/m0/s1. The molecule has 1 heterocycles. The van der Waals surface area contributed by atoms with Gasteiger partial charge in [0.1, 0.15) is 18.3 Å². The Morgan fingerprint density at radius 1 is 1.19 bits per heavy atom. The van der Waals surface area contributed by atoms with Crippen molar-refractivity contribution < 1.29 is 28.7 Å². The Balaban J connectivity index is 2.07. The van der Waals surface area contributed by atoms with E-state index in [9.17, 15) is 28.7 Å². The maximum Gasteiger partial charge on any atom is 0.405 e. The number of aliphatic imine (C=N–C) groups is 1. The minimum atomic E-state index is -1.29. The van der Waals surface area contributed by atoms with Gasteiger partial charge in [-0.15, -0.1) is 0 Å². The van der Waals surface area contributed by atoms with E-state index in [0.717, 1.165) is 0 Å². The number of ketones is 1. The number of rotatable bonds is 10. The first-order valence-corrected chi connectivity index (χ1v) is 10.5. The van der Waals surface area contributed by atoms with Gasteiger partial charge in [0.2, 0.25) is 11.8 Å². The van der Waals surface area contributed by atoms with Crippen LogP contribution in [0.2, 0.25) is 0 Å². The Kier molecular flexibility index (Phi) is 8.57. The number of halogens is 1. The predicted molar refractivity (Wildman–Crippen MR) is 110 cm³/mol. The lowest BCUT2D eigenvalue weighted by Gasteiger charge is -2.35. The summed E-state index contributed by atoms with van der Waals surface area (Å²) in [4.78, 5) is 54.5. The average Bonchev–Trinajstić information content (AvgIpc) is 3.38. The first-order valence-electron chi connectivity index (χ1n) is 10.5. The highest BCUT2D eigenvalue weighted by molar-refractivity contribution is 5.96. The second-order valence-electron chi connectivity index (χ2n) is 7.99. The topological polar surface area (TPSA) is 180 Å². The van der Waals surface area contributed by atoms with E-state index < -0.39 is 48.0 Å². The number of likely N-dealkylation sites (tertiary alicyclic amines) is 1. The van der Waals surface area contributed by atoms with Crippen molar-refractivity contribution in [2.45, 2.75) is 69.0 Å². The predicted octanol–water partition coefficient (Wildman–Crippen LogP) is -0.365. The third-order valence-corrected chi connectivity index (χ3v) is 5.81. The number of nitrogens with one attached hydrogen (secondary N) is 2. The fourth-order valence-electron chi connectivity index (χ4n) is 4.31. The SMILES string of the molecule is NC(N)=NCCCC(NC(=O)[C@@H]1CCCN1C(=O)C1(NC(=O)O)CCCC1)C(=O)CF. The zero-order valence-corrected chi connectivity index (χ0v) is 17.4. The van der Waals surface area contributed by atoms with E-state index in [-0.39, 0.29) is 18.9 Å². The monoisotopic (exact) mass is 442 g/mol. The molecule has 0 bridgehead atoms. The molecule has 1 unspecified atom stereocenters. The Labute approximate surface area is 179 Å². The van der Waals surface area contributed by atoms with Crippen LogP contribution in [0.25, 0.3) is 0 Å². The van der Waals surface area contributed by atoms with Gasteiger partial charge in [-0.05, 0) is 38.5 Å². The number of Topliss-reactive ketones (excluding diaryl/α,β-unsaturated/α-hetero) is 1. The highest BCUT2D eigenvalue weighted by atomic mass is 19.1. The molecule has 2 atom stereocenters. The lowest BCUT2D eigenvalue weighted by molar-refractivity contribution is -0.144. The van der Waals surface area contributed by atoms with Crippen LogP contribution in [0.15, 0.2) is 4.99 Å². The number of guanidine groups is 1. The average molecular weight is 442 g/mol. The van der Waals surface area contributed by atoms with Crippen molar-refractivity contribution in [2.75, 3.05) is 19.8 Å². The molecule has 31 heavy (non-hydrogen) atoms. The van der Waals surface area contributed by atoms with E-state index in [0.29, 0.717) is 51.5 Å². The Hall–Kier alpha value is -2.92. The van der Waals surface area contributed by atoms with Crippen LogP contribution in [0, 0.1) is 0 Å². The normalized spacial score (nSPS) is 20.7. The molecule has 2 rings (SSSR count). The van der Waals surface area contributed by atoms with E-state index in [1.54, 1.807) is 0 Å². The number of carbonyl (C=O) groups excluding carboxylic acids is 3. The highest BCUT2D eigenvalue weighted by Crippen LogP contribution is 2.34. The van der Waals surface area contributed by atoms with Gasteiger partial charge >= 0.3 is 6.09 Å². The van der Waals surface area contributed by atoms with Crippen LogP contribution in [0.4, 0.5) is 9.18 Å². The Morgan fingerprint density at radius 2 is 1.87 bits per heavy atom. The molecule has 0 aromatic carbocycles. The van der Waals surface area contributed by atoms with Gasteiger partial charge in [0.15, 0.2) is 11.7 Å². The molecule has 1 saturated carbocycles. The van der Waals surface area contributed by atoms with Crippen molar-refractivity contribution in [3.63, 3.8) is 0 Å². The molecule has 174 valence electrons. The summed E-state index contributed by atoms with van der Waals surface area (Å²) >= 11 is 0. The summed E-state index contributed by atoms with van der Waals surface area (Å²) in [5, 5.41) is 14.1. The molecule has 0 aromatic rings. The van der Waals surface area contributed by atoms with Crippen LogP contribution in [0.1, 0.15) is 51.4 Å². The summed E-state index contributed by atoms with van der Waals surface area (Å²) in [6.45, 7) is -0.690. The van der Waals surface area contributed by atoms with Gasteiger partial charge in [-0.2, -0.15) is 0 Å². The molecule has 2 fully saturated rings. The molecule has 0 aromatic heterocycles. The number of carboxylic acid groups (broad SMARTS) is 1. The van der Waals surface area contributed by atoms with Crippen molar-refractivity contribution >= 4 is 29.7 Å². The molecule has 7 N–H and O–H groups in total. The van der Waals surface area contributed by atoms with Crippen LogP contribution in [0.3, 0.4) is 0 Å². The fourth-order valence-corrected chi connectivity index (χ4v) is 4.31. The van der Waals surface area contributed by atoms with Gasteiger partial charge in [-0.1, -0.05) is 12.8 Å². The number of alkyl halides is 1. The fraction of sp³-hybridized carbons (Fsp3) is 0.737. The van der Waals surface area contributed by atoms with E-state index >= 15 is 0 Å². The number of amides is 3. The molecule has 1 aliphatic carbocycles. The van der Waals surface area contributed by atoms with Gasteiger partial charge in [0.25, 0.3) is 0 Å². The van der Waals surface area contributed by atoms with E-state index in [1.165, 1.54) is 4.90 Å². The lowest BCUT2D eigenvalue weighted by Crippen LogP contribution is -2.61. The van der Waals surface area contributed by atoms with Crippen molar-refractivity contribution in [1.82, 2.24) is 15.5 Å². The summed E-state index contributed by atoms with van der Waals surface area (Å²) in [6, 6.07) is -1.89. The molecule has 11 nitrogen and oxygen atoms in total. The quantitative estimate of drug-likeness (QED) is 0.174. The molecule has 0 radical (unpaired) electrons. The van der Waals surface area contributed by atoms with Gasteiger partial charge in [0.05, 0.1) is 6.04 Å². The first-order chi connectivity index (χ1) is 14.7. The summed E-state index contributed by atoms with van der Waals surface area (Å²) in [5.41, 5.74) is 9.26. The molecular formula is C19H31FN6O5. The van der Waals surface area contributed by atoms with Crippen LogP contribution in [-0.2, 0) is 14.4 Å². The molecular weight excluding hydrogens is 411 g/mol. The number of hydrogen-bond acceptors (Lipinski definition) is 5. The summed E-state index contributed by atoms with van der Waals surface area (Å²) in [5.74, 6) is -1.85. The maximum absolute atomic E-state index is 13.2. The molecule has 12 heteroatoms. The smallest absolute Gasteiger partial charge is 0.405 e. The summed E-state index contributed by atoms with van der Waals surface area (Å²) in [6.07, 6.45) is 2.32. The number of nitrogens with two attached hydrogens (primary N) is 2. The van der Waals surface area contributed by atoms with Gasteiger partial charge in [-0.3, -0.25) is 19.4 Å². The molecule has 2 aliphatic rings. The molecule has 3 amide bonds. The second-order valence-corrected chi connectivity index (χ2v) is 7.99.